The fraction of sp³-hybridized carbons (Fsp3) is 0.400. The largest absolute Gasteiger partial charge is 0.369 e. The molecule has 0 radical (unpaired) electrons. The smallest absolute Gasteiger partial charge is 0.253 e. The van der Waals surface area contributed by atoms with Crippen molar-refractivity contribution in [3.63, 3.8) is 0 Å². The lowest BCUT2D eigenvalue weighted by atomic mass is 9.96. The summed E-state index contributed by atoms with van der Waals surface area (Å²) in [7, 11) is 0. The number of nitrogens with two attached hydrogens (primary N) is 1. The van der Waals surface area contributed by atoms with Crippen LogP contribution in [0.25, 0.3) is 0 Å². The second-order valence-corrected chi connectivity index (χ2v) is 5.10. The van der Waals surface area contributed by atoms with E-state index in [4.69, 9.17) is 5.73 Å². The molecule has 0 aliphatic carbocycles. The van der Waals surface area contributed by atoms with Crippen LogP contribution in [0.15, 0.2) is 24.3 Å². The van der Waals surface area contributed by atoms with Crippen molar-refractivity contribution in [2.24, 2.45) is 11.7 Å². The van der Waals surface area contributed by atoms with E-state index in [9.17, 15) is 14.4 Å². The van der Waals surface area contributed by atoms with Crippen LogP contribution in [0.1, 0.15) is 40.5 Å². The molecule has 1 heterocycles. The number of primary amides is 1. The Morgan fingerprint density at radius 1 is 1.05 bits per heavy atom. The van der Waals surface area contributed by atoms with Crippen LogP contribution in [-0.4, -0.2) is 35.6 Å². The van der Waals surface area contributed by atoms with Gasteiger partial charge in [0.1, 0.15) is 0 Å². The number of carbonyl (C=O) groups excluding carboxylic acids is 3. The van der Waals surface area contributed by atoms with Crippen LogP contribution in [0, 0.1) is 5.92 Å². The van der Waals surface area contributed by atoms with E-state index in [1.165, 1.54) is 6.92 Å². The molecular formula is C15H18N2O3. The lowest BCUT2D eigenvalue weighted by Gasteiger charge is -2.30. The SMILES string of the molecule is CC(=O)c1ccc(C(=O)N2CCC(C(N)=O)CC2)cc1. The van der Waals surface area contributed by atoms with E-state index < -0.39 is 0 Å². The third-order valence-electron chi connectivity index (χ3n) is 3.72. The first kappa shape index (κ1) is 14.2. The van der Waals surface area contributed by atoms with Crippen LogP contribution in [0.4, 0.5) is 0 Å². The Balaban J connectivity index is 2.01. The molecular weight excluding hydrogens is 256 g/mol. The number of Topliss-reactive ketones (excluding diaryl/α,β-unsaturated/α-hetero) is 1. The van der Waals surface area contributed by atoms with Crippen molar-refractivity contribution in [1.82, 2.24) is 4.90 Å². The van der Waals surface area contributed by atoms with E-state index in [0.29, 0.717) is 37.1 Å². The highest BCUT2D eigenvalue weighted by molar-refractivity contribution is 5.97. The van der Waals surface area contributed by atoms with Gasteiger partial charge in [0.15, 0.2) is 5.78 Å². The number of hydrogen-bond acceptors (Lipinski definition) is 3. The van der Waals surface area contributed by atoms with Gasteiger partial charge in [-0.05, 0) is 31.9 Å². The summed E-state index contributed by atoms with van der Waals surface area (Å²) >= 11 is 0. The molecule has 1 aromatic rings. The number of hydrogen-bond donors (Lipinski definition) is 1. The normalized spacial score (nSPS) is 15.9. The molecule has 106 valence electrons. The lowest BCUT2D eigenvalue weighted by molar-refractivity contribution is -0.123. The maximum absolute atomic E-state index is 12.3. The monoisotopic (exact) mass is 274 g/mol. The molecule has 5 heteroatoms. The zero-order valence-electron chi connectivity index (χ0n) is 11.5. The molecule has 1 aliphatic rings. The summed E-state index contributed by atoms with van der Waals surface area (Å²) in [5, 5.41) is 0. The molecule has 0 atom stereocenters. The Morgan fingerprint density at radius 2 is 1.55 bits per heavy atom. The maximum Gasteiger partial charge on any atom is 0.253 e. The zero-order chi connectivity index (χ0) is 14.7. The minimum absolute atomic E-state index is 0.0220. The quantitative estimate of drug-likeness (QED) is 0.842. The second-order valence-electron chi connectivity index (χ2n) is 5.10. The number of carbonyl (C=O) groups is 3. The molecule has 1 fully saturated rings. The van der Waals surface area contributed by atoms with E-state index in [1.807, 2.05) is 0 Å². The molecule has 0 saturated carbocycles. The highest BCUT2D eigenvalue weighted by Gasteiger charge is 2.26. The summed E-state index contributed by atoms with van der Waals surface area (Å²) in [4.78, 5) is 36.3. The summed E-state index contributed by atoms with van der Waals surface area (Å²) in [5.74, 6) is -0.503. The topological polar surface area (TPSA) is 80.5 Å². The third kappa shape index (κ3) is 3.04. The zero-order valence-corrected chi connectivity index (χ0v) is 11.5. The van der Waals surface area contributed by atoms with Crippen molar-refractivity contribution in [3.8, 4) is 0 Å². The van der Waals surface area contributed by atoms with E-state index >= 15 is 0 Å². The van der Waals surface area contributed by atoms with Crippen molar-refractivity contribution < 1.29 is 14.4 Å². The predicted molar refractivity (Wildman–Crippen MR) is 74.3 cm³/mol. The first-order valence-corrected chi connectivity index (χ1v) is 6.68. The van der Waals surface area contributed by atoms with Gasteiger partial charge in [-0.2, -0.15) is 0 Å². The Morgan fingerprint density at radius 3 is 2.00 bits per heavy atom. The molecule has 0 spiro atoms. The number of piperidine rings is 1. The number of amides is 2. The Kier molecular flexibility index (Phi) is 4.17. The van der Waals surface area contributed by atoms with Gasteiger partial charge in [0.25, 0.3) is 5.91 Å². The number of nitrogens with zero attached hydrogens (tertiary/aromatic N) is 1. The molecule has 2 amide bonds. The standard InChI is InChI=1S/C15H18N2O3/c1-10(18)11-2-4-13(5-3-11)15(20)17-8-6-12(7-9-17)14(16)19/h2-5,12H,6-9H2,1H3,(H2,16,19). The van der Waals surface area contributed by atoms with E-state index in [1.54, 1.807) is 29.2 Å². The molecule has 1 aliphatic heterocycles. The number of likely N-dealkylation sites (tertiary alicyclic amines) is 1. The average Bonchev–Trinajstić information content (AvgIpc) is 2.46. The third-order valence-corrected chi connectivity index (χ3v) is 3.72. The summed E-state index contributed by atoms with van der Waals surface area (Å²) < 4.78 is 0. The molecule has 1 saturated heterocycles. The van der Waals surface area contributed by atoms with Gasteiger partial charge in [-0.3, -0.25) is 14.4 Å². The molecule has 20 heavy (non-hydrogen) atoms. The Labute approximate surface area is 117 Å². The summed E-state index contributed by atoms with van der Waals surface area (Å²) in [6.45, 7) is 2.58. The summed E-state index contributed by atoms with van der Waals surface area (Å²) in [5.41, 5.74) is 6.42. The first-order chi connectivity index (χ1) is 9.49. The summed E-state index contributed by atoms with van der Waals surface area (Å²) in [6, 6.07) is 6.65. The van der Waals surface area contributed by atoms with Gasteiger partial charge in [-0.1, -0.05) is 12.1 Å². The van der Waals surface area contributed by atoms with Gasteiger partial charge in [0.05, 0.1) is 0 Å². The molecule has 1 aromatic carbocycles. The van der Waals surface area contributed by atoms with Gasteiger partial charge >= 0.3 is 0 Å². The summed E-state index contributed by atoms with van der Waals surface area (Å²) in [6.07, 6.45) is 1.24. The van der Waals surface area contributed by atoms with E-state index in [0.717, 1.165) is 0 Å². The molecule has 2 rings (SSSR count). The second kappa shape index (κ2) is 5.86. The van der Waals surface area contributed by atoms with Crippen molar-refractivity contribution >= 4 is 17.6 Å². The van der Waals surface area contributed by atoms with Crippen LogP contribution in [0.5, 0.6) is 0 Å². The number of rotatable bonds is 3. The van der Waals surface area contributed by atoms with Gasteiger partial charge in [0, 0.05) is 30.1 Å². The molecule has 0 aromatic heterocycles. The minimum atomic E-state index is -0.289. The Bertz CT molecular complexity index is 529. The number of benzene rings is 1. The van der Waals surface area contributed by atoms with Crippen LogP contribution in [0.3, 0.4) is 0 Å². The van der Waals surface area contributed by atoms with Gasteiger partial charge in [-0.15, -0.1) is 0 Å². The lowest BCUT2D eigenvalue weighted by Crippen LogP contribution is -2.41. The molecule has 0 unspecified atom stereocenters. The Hall–Kier alpha value is -2.17. The van der Waals surface area contributed by atoms with Crippen molar-refractivity contribution in [3.05, 3.63) is 35.4 Å². The molecule has 2 N–H and O–H groups in total. The maximum atomic E-state index is 12.3. The fourth-order valence-corrected chi connectivity index (χ4v) is 2.40. The van der Waals surface area contributed by atoms with E-state index in [-0.39, 0.29) is 23.5 Å². The highest BCUT2D eigenvalue weighted by Crippen LogP contribution is 2.19. The van der Waals surface area contributed by atoms with Crippen molar-refractivity contribution in [1.29, 1.82) is 0 Å². The van der Waals surface area contributed by atoms with Crippen LogP contribution < -0.4 is 5.73 Å². The average molecular weight is 274 g/mol. The fourth-order valence-electron chi connectivity index (χ4n) is 2.40. The first-order valence-electron chi connectivity index (χ1n) is 6.68. The molecule has 0 bridgehead atoms. The van der Waals surface area contributed by atoms with Gasteiger partial charge in [0.2, 0.25) is 5.91 Å². The predicted octanol–water partition coefficient (Wildman–Crippen LogP) is 1.23. The van der Waals surface area contributed by atoms with Crippen LogP contribution in [-0.2, 0) is 4.79 Å². The van der Waals surface area contributed by atoms with Crippen molar-refractivity contribution in [2.45, 2.75) is 19.8 Å². The van der Waals surface area contributed by atoms with Crippen LogP contribution >= 0.6 is 0 Å². The molecule has 5 nitrogen and oxygen atoms in total. The van der Waals surface area contributed by atoms with Gasteiger partial charge < -0.3 is 10.6 Å². The highest BCUT2D eigenvalue weighted by atomic mass is 16.2. The van der Waals surface area contributed by atoms with E-state index in [2.05, 4.69) is 0 Å². The minimum Gasteiger partial charge on any atom is -0.369 e. The van der Waals surface area contributed by atoms with Crippen molar-refractivity contribution in [2.75, 3.05) is 13.1 Å². The number of ketones is 1. The van der Waals surface area contributed by atoms with Crippen LogP contribution in [0.2, 0.25) is 0 Å². The van der Waals surface area contributed by atoms with Gasteiger partial charge in [-0.25, -0.2) is 0 Å².